The predicted octanol–water partition coefficient (Wildman–Crippen LogP) is 3.10. The molecule has 0 bridgehead atoms. The van der Waals surface area contributed by atoms with Crippen LogP contribution in [-0.4, -0.2) is 30.8 Å². The van der Waals surface area contributed by atoms with Crippen LogP contribution in [0.3, 0.4) is 0 Å². The van der Waals surface area contributed by atoms with E-state index in [2.05, 4.69) is 5.32 Å². The van der Waals surface area contributed by atoms with Crippen molar-refractivity contribution in [2.24, 2.45) is 0 Å². The topological polar surface area (TPSA) is 49.4 Å². The average molecular weight is 300 g/mol. The number of anilines is 1. The zero-order valence-corrected chi connectivity index (χ0v) is 12.7. The van der Waals surface area contributed by atoms with Gasteiger partial charge in [-0.25, -0.2) is 0 Å². The van der Waals surface area contributed by atoms with E-state index in [-0.39, 0.29) is 11.8 Å². The van der Waals surface area contributed by atoms with Crippen molar-refractivity contribution in [3.05, 3.63) is 58.3 Å². The standard InChI is InChI=1S/C16H16N2O2S/c1-18(2)16(20)12-5-7-13(8-6-12)17-15(19)10-9-14-4-3-11-21-14/h3-11H,1-2H3,(H,17,19). The van der Waals surface area contributed by atoms with Gasteiger partial charge in [-0.1, -0.05) is 6.07 Å². The first-order valence-corrected chi connectivity index (χ1v) is 7.28. The van der Waals surface area contributed by atoms with Crippen molar-refractivity contribution in [2.75, 3.05) is 19.4 Å². The molecule has 0 spiro atoms. The van der Waals surface area contributed by atoms with Gasteiger partial charge in [0.15, 0.2) is 0 Å². The van der Waals surface area contributed by atoms with Gasteiger partial charge in [0.05, 0.1) is 0 Å². The molecule has 0 radical (unpaired) electrons. The molecular formula is C16H16N2O2S. The van der Waals surface area contributed by atoms with Gasteiger partial charge in [0.1, 0.15) is 0 Å². The van der Waals surface area contributed by atoms with Crippen molar-refractivity contribution < 1.29 is 9.59 Å². The van der Waals surface area contributed by atoms with Gasteiger partial charge in [-0.2, -0.15) is 0 Å². The zero-order chi connectivity index (χ0) is 15.2. The number of benzene rings is 1. The molecule has 0 atom stereocenters. The third-order valence-corrected chi connectivity index (χ3v) is 3.59. The largest absolute Gasteiger partial charge is 0.345 e. The lowest BCUT2D eigenvalue weighted by molar-refractivity contribution is -0.111. The van der Waals surface area contributed by atoms with Crippen LogP contribution in [-0.2, 0) is 4.79 Å². The first-order chi connectivity index (χ1) is 10.1. The Morgan fingerprint density at radius 1 is 1.14 bits per heavy atom. The van der Waals surface area contributed by atoms with Gasteiger partial charge in [-0.15, -0.1) is 11.3 Å². The van der Waals surface area contributed by atoms with Gasteiger partial charge in [-0.3, -0.25) is 9.59 Å². The van der Waals surface area contributed by atoms with Gasteiger partial charge < -0.3 is 10.2 Å². The Morgan fingerprint density at radius 2 is 1.86 bits per heavy atom. The lowest BCUT2D eigenvalue weighted by Gasteiger charge is -2.10. The fraction of sp³-hybridized carbons (Fsp3) is 0.125. The van der Waals surface area contributed by atoms with Crippen LogP contribution < -0.4 is 5.32 Å². The summed E-state index contributed by atoms with van der Waals surface area (Å²) in [6.45, 7) is 0. The normalized spacial score (nSPS) is 10.6. The number of amides is 2. The van der Waals surface area contributed by atoms with E-state index in [1.165, 1.54) is 11.0 Å². The first-order valence-electron chi connectivity index (χ1n) is 6.40. The molecule has 1 heterocycles. The lowest BCUT2D eigenvalue weighted by Crippen LogP contribution is -2.21. The number of carbonyl (C=O) groups is 2. The molecule has 108 valence electrons. The van der Waals surface area contributed by atoms with E-state index in [1.54, 1.807) is 55.8 Å². The maximum atomic E-state index is 11.8. The summed E-state index contributed by atoms with van der Waals surface area (Å²) >= 11 is 1.57. The van der Waals surface area contributed by atoms with Crippen molar-refractivity contribution in [2.45, 2.75) is 0 Å². The number of rotatable bonds is 4. The van der Waals surface area contributed by atoms with E-state index in [9.17, 15) is 9.59 Å². The fourth-order valence-corrected chi connectivity index (χ4v) is 2.30. The predicted molar refractivity (Wildman–Crippen MR) is 86.4 cm³/mol. The van der Waals surface area contributed by atoms with Gasteiger partial charge in [0.25, 0.3) is 5.91 Å². The highest BCUT2D eigenvalue weighted by Gasteiger charge is 2.07. The summed E-state index contributed by atoms with van der Waals surface area (Å²) in [5, 5.41) is 4.71. The molecule has 0 aliphatic heterocycles. The van der Waals surface area contributed by atoms with Crippen molar-refractivity contribution >= 4 is 34.9 Å². The molecule has 4 nitrogen and oxygen atoms in total. The summed E-state index contributed by atoms with van der Waals surface area (Å²) in [5.41, 5.74) is 1.25. The highest BCUT2D eigenvalue weighted by molar-refractivity contribution is 7.10. The Bertz CT molecular complexity index is 643. The van der Waals surface area contributed by atoms with Crippen LogP contribution in [0.25, 0.3) is 6.08 Å². The van der Waals surface area contributed by atoms with Crippen LogP contribution in [0.5, 0.6) is 0 Å². The highest BCUT2D eigenvalue weighted by atomic mass is 32.1. The zero-order valence-electron chi connectivity index (χ0n) is 11.9. The molecule has 2 aromatic rings. The number of thiophene rings is 1. The molecular weight excluding hydrogens is 284 g/mol. The van der Waals surface area contributed by atoms with Crippen LogP contribution in [0.1, 0.15) is 15.2 Å². The minimum Gasteiger partial charge on any atom is -0.345 e. The minimum absolute atomic E-state index is 0.0644. The van der Waals surface area contributed by atoms with Crippen molar-refractivity contribution in [1.29, 1.82) is 0 Å². The summed E-state index contributed by atoms with van der Waals surface area (Å²) < 4.78 is 0. The summed E-state index contributed by atoms with van der Waals surface area (Å²) in [5.74, 6) is -0.263. The van der Waals surface area contributed by atoms with E-state index in [1.807, 2.05) is 17.5 Å². The van der Waals surface area contributed by atoms with E-state index in [0.29, 0.717) is 11.3 Å². The molecule has 0 aliphatic rings. The summed E-state index contributed by atoms with van der Waals surface area (Å²) in [7, 11) is 3.40. The number of nitrogens with one attached hydrogen (secondary N) is 1. The van der Waals surface area contributed by atoms with Crippen LogP contribution in [0.15, 0.2) is 47.9 Å². The van der Waals surface area contributed by atoms with Crippen LogP contribution in [0.2, 0.25) is 0 Å². The molecule has 5 heteroatoms. The summed E-state index contributed by atoms with van der Waals surface area (Å²) in [4.78, 5) is 26.0. The first kappa shape index (κ1) is 15.0. The second-order valence-corrected chi connectivity index (χ2v) is 5.59. The Hall–Kier alpha value is -2.40. The molecule has 1 aromatic carbocycles. The molecule has 2 amide bonds. The van der Waals surface area contributed by atoms with Gasteiger partial charge in [-0.05, 0) is 41.8 Å². The van der Waals surface area contributed by atoms with Gasteiger partial charge >= 0.3 is 0 Å². The van der Waals surface area contributed by atoms with Crippen LogP contribution >= 0.6 is 11.3 Å². The SMILES string of the molecule is CN(C)C(=O)c1ccc(NC(=O)C=Cc2cccs2)cc1. The number of carbonyl (C=O) groups excluding carboxylic acids is 2. The molecule has 1 aromatic heterocycles. The van der Waals surface area contributed by atoms with Crippen LogP contribution in [0, 0.1) is 0 Å². The number of nitrogens with zero attached hydrogens (tertiary/aromatic N) is 1. The molecule has 0 saturated heterocycles. The van der Waals surface area contributed by atoms with Gasteiger partial charge in [0.2, 0.25) is 5.91 Å². The van der Waals surface area contributed by atoms with Gasteiger partial charge in [0, 0.05) is 36.3 Å². The molecule has 0 fully saturated rings. The Balaban J connectivity index is 1.97. The van der Waals surface area contributed by atoms with Crippen molar-refractivity contribution in [1.82, 2.24) is 4.90 Å². The molecule has 0 unspecified atom stereocenters. The maximum Gasteiger partial charge on any atom is 0.253 e. The lowest BCUT2D eigenvalue weighted by atomic mass is 10.2. The molecule has 0 saturated carbocycles. The number of hydrogen-bond donors (Lipinski definition) is 1. The quantitative estimate of drug-likeness (QED) is 0.882. The Kier molecular flexibility index (Phi) is 4.90. The Labute approximate surface area is 127 Å². The fourth-order valence-electron chi connectivity index (χ4n) is 1.68. The van der Waals surface area contributed by atoms with Crippen molar-refractivity contribution in [3.8, 4) is 0 Å². The second kappa shape index (κ2) is 6.85. The maximum absolute atomic E-state index is 11.8. The average Bonchev–Trinajstić information content (AvgIpc) is 2.98. The number of hydrogen-bond acceptors (Lipinski definition) is 3. The van der Waals surface area contributed by atoms with E-state index >= 15 is 0 Å². The minimum atomic E-state index is -0.199. The van der Waals surface area contributed by atoms with E-state index in [0.717, 1.165) is 4.88 Å². The second-order valence-electron chi connectivity index (χ2n) is 4.61. The third kappa shape index (κ3) is 4.29. The third-order valence-electron chi connectivity index (χ3n) is 2.75. The molecule has 2 rings (SSSR count). The van der Waals surface area contributed by atoms with Crippen LogP contribution in [0.4, 0.5) is 5.69 Å². The van der Waals surface area contributed by atoms with E-state index in [4.69, 9.17) is 0 Å². The van der Waals surface area contributed by atoms with E-state index < -0.39 is 0 Å². The highest BCUT2D eigenvalue weighted by Crippen LogP contribution is 2.12. The molecule has 21 heavy (non-hydrogen) atoms. The summed E-state index contributed by atoms with van der Waals surface area (Å²) in [6.07, 6.45) is 3.26. The monoisotopic (exact) mass is 300 g/mol. The molecule has 1 N–H and O–H groups in total. The summed E-state index contributed by atoms with van der Waals surface area (Å²) in [6, 6.07) is 10.7. The smallest absolute Gasteiger partial charge is 0.253 e. The molecule has 0 aliphatic carbocycles. The van der Waals surface area contributed by atoms with Crippen molar-refractivity contribution in [3.63, 3.8) is 0 Å². The Morgan fingerprint density at radius 3 is 2.43 bits per heavy atom.